The quantitative estimate of drug-likeness (QED) is 0.588. The number of phenols is 1. The molecule has 0 saturated carbocycles. The molecular formula is C11H8Cl3NNaO. The normalized spacial score (nSPS) is 8.65. The van der Waals surface area contributed by atoms with Crippen molar-refractivity contribution in [2.75, 3.05) is 0 Å². The average Bonchev–Trinajstić information content (AvgIpc) is 2.28. The first-order valence-electron chi connectivity index (χ1n) is 4.31. The fourth-order valence-corrected chi connectivity index (χ4v) is 1.29. The van der Waals surface area contributed by atoms with Gasteiger partial charge in [-0.25, -0.2) is 4.98 Å². The molecule has 17 heavy (non-hydrogen) atoms. The number of hydrogen-bond donors (Lipinski definition) is 1. The summed E-state index contributed by atoms with van der Waals surface area (Å²) in [5.41, 5.74) is 0. The van der Waals surface area contributed by atoms with E-state index in [2.05, 4.69) is 4.98 Å². The van der Waals surface area contributed by atoms with E-state index < -0.39 is 0 Å². The Bertz CT molecular complexity index is 433. The van der Waals surface area contributed by atoms with E-state index in [9.17, 15) is 0 Å². The van der Waals surface area contributed by atoms with E-state index in [1.807, 2.05) is 6.07 Å². The summed E-state index contributed by atoms with van der Waals surface area (Å²) in [7, 11) is 0. The van der Waals surface area contributed by atoms with Crippen molar-refractivity contribution in [2.24, 2.45) is 0 Å². The number of pyridine rings is 1. The van der Waals surface area contributed by atoms with Crippen LogP contribution in [-0.2, 0) is 0 Å². The van der Waals surface area contributed by atoms with Crippen LogP contribution in [0.3, 0.4) is 0 Å². The molecule has 1 aromatic heterocycles. The first-order valence-corrected chi connectivity index (χ1v) is 5.44. The summed E-state index contributed by atoms with van der Waals surface area (Å²) in [6.45, 7) is 0. The van der Waals surface area contributed by atoms with Crippen LogP contribution >= 0.6 is 34.8 Å². The van der Waals surface area contributed by atoms with Crippen LogP contribution in [0.25, 0.3) is 0 Å². The third-order valence-corrected chi connectivity index (χ3v) is 2.73. The van der Waals surface area contributed by atoms with E-state index in [0.29, 0.717) is 15.8 Å². The van der Waals surface area contributed by atoms with Crippen LogP contribution in [0.1, 0.15) is 0 Å². The molecule has 0 amide bonds. The molecule has 1 radical (unpaired) electrons. The van der Waals surface area contributed by atoms with Gasteiger partial charge in [-0.1, -0.05) is 53.0 Å². The van der Waals surface area contributed by atoms with Crippen LogP contribution in [0.15, 0.2) is 42.6 Å². The summed E-state index contributed by atoms with van der Waals surface area (Å²) < 4.78 is 0. The van der Waals surface area contributed by atoms with Crippen molar-refractivity contribution < 1.29 is 5.11 Å². The summed E-state index contributed by atoms with van der Waals surface area (Å²) in [5, 5.41) is 9.61. The fraction of sp³-hybridized carbons (Fsp3) is 0. The topological polar surface area (TPSA) is 33.1 Å². The summed E-state index contributed by atoms with van der Waals surface area (Å²) in [4.78, 5) is 3.69. The Labute approximate surface area is 137 Å². The summed E-state index contributed by atoms with van der Waals surface area (Å²) >= 11 is 16.6. The maximum absolute atomic E-state index is 8.63. The molecule has 1 heterocycles. The monoisotopic (exact) mass is 298 g/mol. The Balaban J connectivity index is 0.000000292. The van der Waals surface area contributed by atoms with Gasteiger partial charge in [0.15, 0.2) is 0 Å². The number of hydrogen-bond acceptors (Lipinski definition) is 2. The van der Waals surface area contributed by atoms with Gasteiger partial charge in [0.25, 0.3) is 0 Å². The van der Waals surface area contributed by atoms with E-state index in [1.54, 1.807) is 30.3 Å². The molecule has 6 heteroatoms. The maximum atomic E-state index is 8.63. The van der Waals surface area contributed by atoms with Gasteiger partial charge in [-0.2, -0.15) is 0 Å². The Morgan fingerprint density at radius 2 is 1.53 bits per heavy atom. The molecule has 1 N–H and O–H groups in total. The molecule has 0 unspecified atom stereocenters. The van der Waals surface area contributed by atoms with Crippen molar-refractivity contribution in [3.63, 3.8) is 0 Å². The van der Waals surface area contributed by atoms with Crippen molar-refractivity contribution in [1.29, 1.82) is 0 Å². The minimum Gasteiger partial charge on any atom is -0.508 e. The number of aromatic nitrogens is 1. The molecule has 0 aliphatic heterocycles. The predicted molar refractivity (Wildman–Crippen MR) is 73.1 cm³/mol. The number of nitrogens with zero attached hydrogens (tertiary/aromatic N) is 1. The van der Waals surface area contributed by atoms with Gasteiger partial charge in [0, 0.05) is 35.8 Å². The van der Waals surface area contributed by atoms with E-state index in [1.165, 1.54) is 6.20 Å². The largest absolute Gasteiger partial charge is 0.508 e. The number of aromatic hydroxyl groups is 1. The molecule has 2 nitrogen and oxygen atoms in total. The number of rotatable bonds is 0. The molecule has 85 valence electrons. The van der Waals surface area contributed by atoms with Crippen molar-refractivity contribution in [3.8, 4) is 5.75 Å². The minimum absolute atomic E-state index is 0. The van der Waals surface area contributed by atoms with Crippen LogP contribution < -0.4 is 0 Å². The molecule has 2 rings (SSSR count). The number of halogens is 3. The van der Waals surface area contributed by atoms with Crippen molar-refractivity contribution in [1.82, 2.24) is 4.98 Å². The van der Waals surface area contributed by atoms with Crippen molar-refractivity contribution in [3.05, 3.63) is 57.8 Å². The van der Waals surface area contributed by atoms with E-state index >= 15 is 0 Å². The molecule has 0 saturated heterocycles. The Morgan fingerprint density at radius 1 is 0.941 bits per heavy atom. The zero-order chi connectivity index (χ0) is 12.0. The van der Waals surface area contributed by atoms with E-state index in [0.717, 1.165) is 0 Å². The molecule has 2 aromatic rings. The van der Waals surface area contributed by atoms with Gasteiger partial charge < -0.3 is 5.11 Å². The smallest absolute Gasteiger partial charge is 0.149 e. The van der Waals surface area contributed by atoms with Crippen LogP contribution in [0.2, 0.25) is 15.2 Å². The van der Waals surface area contributed by atoms with Gasteiger partial charge in [0.05, 0.1) is 10.0 Å². The zero-order valence-corrected chi connectivity index (χ0v) is 13.3. The summed E-state index contributed by atoms with van der Waals surface area (Å²) in [6, 6.07) is 10.3. The minimum atomic E-state index is 0. The van der Waals surface area contributed by atoms with Crippen molar-refractivity contribution in [2.45, 2.75) is 0 Å². The fourth-order valence-electron chi connectivity index (χ4n) is 0.825. The van der Waals surface area contributed by atoms with Gasteiger partial charge in [-0.05, 0) is 18.2 Å². The van der Waals surface area contributed by atoms with Crippen LogP contribution in [0.5, 0.6) is 5.75 Å². The second-order valence-electron chi connectivity index (χ2n) is 2.73. The molecule has 0 spiro atoms. The number of para-hydroxylation sites is 1. The molecule has 1 aromatic carbocycles. The Kier molecular flexibility index (Phi) is 9.06. The summed E-state index contributed by atoms with van der Waals surface area (Å²) in [5.74, 6) is 0.322. The van der Waals surface area contributed by atoms with Crippen LogP contribution in [0.4, 0.5) is 0 Å². The van der Waals surface area contributed by atoms with Gasteiger partial charge in [0.2, 0.25) is 0 Å². The molecule has 0 fully saturated rings. The standard InChI is InChI=1S/C6H6O.C5H2Cl3N.Na/c7-6-4-2-1-3-5-6;6-3-1-2-9-5(8)4(3)7;/h1-5,7H;1-2H;. The van der Waals surface area contributed by atoms with Crippen molar-refractivity contribution >= 4 is 64.4 Å². The van der Waals surface area contributed by atoms with Crippen LogP contribution in [0, 0.1) is 0 Å². The molecule has 0 atom stereocenters. The first kappa shape index (κ1) is 17.0. The van der Waals surface area contributed by atoms with Gasteiger partial charge in [-0.15, -0.1) is 0 Å². The Hall–Kier alpha value is 0.0400. The first-order chi connectivity index (χ1) is 7.61. The molecule has 0 bridgehead atoms. The summed E-state index contributed by atoms with van der Waals surface area (Å²) in [6.07, 6.45) is 1.50. The van der Waals surface area contributed by atoms with Gasteiger partial charge >= 0.3 is 0 Å². The SMILES string of the molecule is Clc1ccnc(Cl)c1Cl.Oc1ccccc1.[Na]. The van der Waals surface area contributed by atoms with Gasteiger partial charge in [0.1, 0.15) is 10.9 Å². The average molecular weight is 300 g/mol. The second kappa shape index (κ2) is 9.03. The second-order valence-corrected chi connectivity index (χ2v) is 3.88. The Morgan fingerprint density at radius 3 is 1.88 bits per heavy atom. The molecular weight excluding hydrogens is 291 g/mol. The van der Waals surface area contributed by atoms with E-state index in [4.69, 9.17) is 39.9 Å². The predicted octanol–water partition coefficient (Wildman–Crippen LogP) is 4.05. The molecule has 0 aliphatic rings. The maximum Gasteiger partial charge on any atom is 0.149 e. The van der Waals surface area contributed by atoms with Crippen LogP contribution in [-0.4, -0.2) is 39.6 Å². The number of phenolic OH excluding ortho intramolecular Hbond substituents is 1. The van der Waals surface area contributed by atoms with Gasteiger partial charge in [-0.3, -0.25) is 0 Å². The molecule has 0 aliphatic carbocycles. The third kappa shape index (κ3) is 6.51. The number of benzene rings is 1. The van der Waals surface area contributed by atoms with E-state index in [-0.39, 0.29) is 34.7 Å². The zero-order valence-electron chi connectivity index (χ0n) is 9.07. The third-order valence-electron chi connectivity index (χ3n) is 1.56.